The second kappa shape index (κ2) is 40.2. The maximum Gasteiger partial charge on any atom is 0.153 e. The Morgan fingerprint density at radius 2 is 0.945 bits per heavy atom. The van der Waals surface area contributed by atoms with Gasteiger partial charge in [-0.3, -0.25) is 34.9 Å². The van der Waals surface area contributed by atoms with Gasteiger partial charge < -0.3 is 19.3 Å². The smallest absolute Gasteiger partial charge is 0.153 e. The molecule has 20 heteroatoms. The van der Waals surface area contributed by atoms with Crippen LogP contribution >= 0.6 is 11.6 Å². The molecule has 0 atom stereocenters. The molecule has 0 fully saturated rings. The van der Waals surface area contributed by atoms with Gasteiger partial charge >= 0.3 is 0 Å². The Bertz CT molecular complexity index is 4270. The van der Waals surface area contributed by atoms with Crippen molar-refractivity contribution in [2.24, 2.45) is 0 Å². The fourth-order valence-corrected chi connectivity index (χ4v) is 10.9. The van der Waals surface area contributed by atoms with Gasteiger partial charge in [-0.05, 0) is 122 Å². The minimum atomic E-state index is -0.0500. The molecule has 19 nitrogen and oxygen atoms in total. The quantitative estimate of drug-likeness (QED) is 0.150. The van der Waals surface area contributed by atoms with E-state index in [1.54, 1.807) is 86.4 Å². The fraction of sp³-hybridized carbons (Fsp3) is 0.461. The lowest BCUT2D eigenvalue weighted by molar-refractivity contribution is 0.281. The number of halogens is 1. The lowest BCUT2D eigenvalue weighted by Crippen LogP contribution is -2.19. The van der Waals surface area contributed by atoms with E-state index in [0.717, 1.165) is 86.1 Å². The lowest BCUT2D eigenvalue weighted by atomic mass is 9.88. The van der Waals surface area contributed by atoms with E-state index in [-0.39, 0.29) is 49.9 Å². The number of hydrogen-bond acceptors (Lipinski definition) is 16. The summed E-state index contributed by atoms with van der Waals surface area (Å²) in [6, 6.07) is 31.5. The molecule has 109 heavy (non-hydrogen) atoms. The Balaban J connectivity index is 0.000000264. The number of rotatable bonds is 8. The van der Waals surface area contributed by atoms with E-state index in [4.69, 9.17) is 30.9 Å². The van der Waals surface area contributed by atoms with Crippen molar-refractivity contribution in [1.29, 1.82) is 0 Å². The van der Waals surface area contributed by atoms with Crippen molar-refractivity contribution < 1.29 is 19.3 Å². The van der Waals surface area contributed by atoms with Crippen LogP contribution in [0, 0.1) is 20.8 Å². The summed E-state index contributed by atoms with van der Waals surface area (Å²) >= 11 is 6.11. The van der Waals surface area contributed by atoms with Crippen molar-refractivity contribution in [2.75, 3.05) is 21.3 Å². The number of pyridine rings is 8. The largest absolute Gasteiger partial charge is 0.497 e. The zero-order valence-electron chi connectivity index (χ0n) is 71.3. The third-order valence-corrected chi connectivity index (χ3v) is 16.9. The average molecular weight is 1510 g/mol. The second-order valence-corrected chi connectivity index (χ2v) is 35.0. The summed E-state index contributed by atoms with van der Waals surface area (Å²) < 4.78 is 19.1. The molecule has 0 radical (unpaired) electrons. The van der Waals surface area contributed by atoms with Crippen molar-refractivity contribution in [2.45, 2.75) is 250 Å². The average Bonchev–Trinajstić information content (AvgIpc) is 1.80. The predicted molar refractivity (Wildman–Crippen MR) is 447 cm³/mol. The van der Waals surface area contributed by atoms with Gasteiger partial charge in [0, 0.05) is 146 Å². The van der Waals surface area contributed by atoms with Gasteiger partial charge in [0.1, 0.15) is 28.0 Å². The molecule has 0 spiro atoms. The van der Waals surface area contributed by atoms with E-state index < -0.39 is 0 Å². The highest BCUT2D eigenvalue weighted by atomic mass is 35.5. The molecule has 0 amide bonds. The zero-order valence-corrected chi connectivity index (χ0v) is 72.1. The van der Waals surface area contributed by atoms with Crippen molar-refractivity contribution >= 4 is 11.6 Å². The summed E-state index contributed by atoms with van der Waals surface area (Å²) in [7, 11) is 4.96. The molecule has 588 valence electrons. The SMILES string of the molecule is CC(C)(C)c1cc(CO)ccn1.CC(C)(C)c1cccc(-n2cccn2)n1.CC(C)(C)c1cncc(-n2cccn2)c1.CCc1ccc(C)c(C(C)(C)C)n1.COc1ccnc(C(C)(C)C)c1.COc1ccnc(C(C)(C)C)c1C.COc1ccnc(C(C)(C)C)c1Cl.Cc1ccc(-n2nccn2)c(C(C)(C)C)n1. The van der Waals surface area contributed by atoms with Crippen LogP contribution in [-0.4, -0.2) is 101 Å². The molecular formula is C89H126ClN15O4. The molecular weight excluding hydrogens is 1380 g/mol. The normalized spacial score (nSPS) is 11.6. The van der Waals surface area contributed by atoms with Crippen LogP contribution in [0.25, 0.3) is 17.2 Å². The maximum atomic E-state index is 8.90. The molecule has 11 rings (SSSR count). The Morgan fingerprint density at radius 3 is 1.44 bits per heavy atom. The van der Waals surface area contributed by atoms with E-state index in [0.29, 0.717) is 10.8 Å². The number of nitrogens with zero attached hydrogens (tertiary/aromatic N) is 15. The summed E-state index contributed by atoms with van der Waals surface area (Å²) in [5.41, 5.74) is 16.6. The van der Waals surface area contributed by atoms with Crippen LogP contribution in [0.5, 0.6) is 17.2 Å². The highest BCUT2D eigenvalue weighted by Crippen LogP contribution is 2.35. The molecule has 0 aromatic carbocycles. The number of aliphatic hydroxyl groups excluding tert-OH is 1. The van der Waals surface area contributed by atoms with Gasteiger partial charge in [0.25, 0.3) is 0 Å². The number of aromatic nitrogens is 15. The maximum absolute atomic E-state index is 8.90. The molecule has 0 aliphatic rings. The number of aliphatic hydroxyl groups is 1. The molecule has 0 aliphatic carbocycles. The van der Waals surface area contributed by atoms with Crippen LogP contribution in [0.15, 0.2) is 171 Å². The zero-order chi connectivity index (χ0) is 82.1. The number of aryl methyl sites for hydroxylation is 3. The minimum absolute atomic E-state index is 0.0189. The van der Waals surface area contributed by atoms with Gasteiger partial charge in [0.15, 0.2) is 5.82 Å². The molecule has 11 aromatic heterocycles. The standard InChI is InChI=1S/C12H16N4.2C12H15N3.C12H19N.C11H17NO.C10H14ClNO.2C10H15NO/c1-9-5-6-10(16-13-7-8-14-16)11(15-9)12(2,3)4;1-12(2,3)10-6-4-7-11(14-10)15-9-5-8-13-15;1-12(2,3)10-7-11(9-13-8-10)15-6-4-5-14-15;1-6-10-8-7-9(2)11(13-10)12(3,4)5;1-8-9(13-5)6-7-12-10(8)11(2,3)4;1-10(2,3)9-8(11)7(13-4)5-6-12-9;1-10(2,3)9-7-8(12-4)5-6-11-9;1-10(2,3)9-6-8(7-12)4-5-11-9/h5-8H,1-4H3;2*4-9H,1-3H3;7-8H,6H2,1-5H3;6-7H,1-5H3;5-6H,1-4H3;5-7H,1-4H3;4-6,12H,7H2,1-3H3. The molecule has 0 bridgehead atoms. The van der Waals surface area contributed by atoms with Crippen LogP contribution in [0.1, 0.15) is 247 Å². The Morgan fingerprint density at radius 1 is 0.422 bits per heavy atom. The van der Waals surface area contributed by atoms with Crippen LogP contribution in [0.3, 0.4) is 0 Å². The number of methoxy groups -OCH3 is 3. The third-order valence-electron chi connectivity index (χ3n) is 16.6. The van der Waals surface area contributed by atoms with Gasteiger partial charge in [-0.1, -0.05) is 197 Å². The summed E-state index contributed by atoms with van der Waals surface area (Å²) in [4.78, 5) is 36.9. The molecule has 11 heterocycles. The van der Waals surface area contributed by atoms with Gasteiger partial charge in [0.05, 0.1) is 69.3 Å². The van der Waals surface area contributed by atoms with Gasteiger partial charge in [0.2, 0.25) is 0 Å². The highest BCUT2D eigenvalue weighted by Gasteiger charge is 2.25. The lowest BCUT2D eigenvalue weighted by Gasteiger charge is -2.21. The summed E-state index contributed by atoms with van der Waals surface area (Å²) in [6.45, 7) is 59.9. The van der Waals surface area contributed by atoms with Gasteiger partial charge in [-0.25, -0.2) is 14.3 Å². The van der Waals surface area contributed by atoms with E-state index in [9.17, 15) is 0 Å². The molecule has 11 aromatic rings. The van der Waals surface area contributed by atoms with Crippen LogP contribution in [0.2, 0.25) is 5.02 Å². The van der Waals surface area contributed by atoms with E-state index >= 15 is 0 Å². The molecule has 0 saturated heterocycles. The fourth-order valence-electron chi connectivity index (χ4n) is 10.4. The Hall–Kier alpha value is -9.59. The molecule has 1 N–H and O–H groups in total. The van der Waals surface area contributed by atoms with Crippen LogP contribution < -0.4 is 14.2 Å². The van der Waals surface area contributed by atoms with Crippen LogP contribution in [0.4, 0.5) is 0 Å². The highest BCUT2D eigenvalue weighted by molar-refractivity contribution is 6.32. The predicted octanol–water partition coefficient (Wildman–Crippen LogP) is 20.6. The minimum Gasteiger partial charge on any atom is -0.497 e. The second-order valence-electron chi connectivity index (χ2n) is 34.6. The molecule has 0 saturated carbocycles. The van der Waals surface area contributed by atoms with Crippen LogP contribution in [-0.2, 0) is 56.3 Å². The monoisotopic (exact) mass is 1500 g/mol. The van der Waals surface area contributed by atoms with Gasteiger partial charge in [-0.15, -0.1) is 4.80 Å². The summed E-state index contributed by atoms with van der Waals surface area (Å²) in [5, 5.41) is 26.2. The molecule has 0 unspecified atom stereocenters. The summed E-state index contributed by atoms with van der Waals surface area (Å²) in [6.07, 6.45) is 22.5. The topological polar surface area (TPSA) is 217 Å². The first-order valence-corrected chi connectivity index (χ1v) is 37.5. The van der Waals surface area contributed by atoms with Crippen molar-refractivity contribution in [1.82, 2.24) is 74.4 Å². The third kappa shape index (κ3) is 29.7. The number of hydrogen-bond donors (Lipinski definition) is 1. The van der Waals surface area contributed by atoms with E-state index in [2.05, 4.69) is 258 Å². The Labute approximate surface area is 657 Å². The first-order valence-electron chi connectivity index (χ1n) is 37.1. The van der Waals surface area contributed by atoms with Crippen molar-refractivity contribution in [3.05, 3.63) is 250 Å². The first kappa shape index (κ1) is 91.8. The summed E-state index contributed by atoms with van der Waals surface area (Å²) in [5.74, 6) is 3.34. The van der Waals surface area contributed by atoms with E-state index in [1.807, 2.05) is 116 Å². The van der Waals surface area contributed by atoms with Crippen molar-refractivity contribution in [3.63, 3.8) is 0 Å². The number of ether oxygens (including phenoxy) is 3. The Kier molecular flexibility index (Phi) is 33.9. The first-order chi connectivity index (χ1) is 50.6. The van der Waals surface area contributed by atoms with Gasteiger partial charge in [-0.2, -0.15) is 20.4 Å². The van der Waals surface area contributed by atoms with E-state index in [1.165, 1.54) is 22.5 Å². The molecule has 0 aliphatic heterocycles. The van der Waals surface area contributed by atoms with Crippen molar-refractivity contribution in [3.8, 4) is 34.4 Å².